The van der Waals surface area contributed by atoms with E-state index in [2.05, 4.69) is 13.8 Å². The monoisotopic (exact) mass is 672 g/mol. The number of carbonyl (C=O) groups excluding carboxylic acids is 2. The summed E-state index contributed by atoms with van der Waals surface area (Å²) in [6.07, 6.45) is 41.8. The van der Waals surface area contributed by atoms with Gasteiger partial charge in [-0.2, -0.15) is 0 Å². The summed E-state index contributed by atoms with van der Waals surface area (Å²) in [7, 11) is 1.85. The molecule has 46 heavy (non-hydrogen) atoms. The minimum atomic E-state index is -0.0583. The molecule has 0 saturated heterocycles. The van der Waals surface area contributed by atoms with Crippen molar-refractivity contribution >= 4 is 11.8 Å². The van der Waals surface area contributed by atoms with Gasteiger partial charge >= 0.3 is 11.8 Å². The van der Waals surface area contributed by atoms with Gasteiger partial charge in [-0.1, -0.05) is 194 Å². The molecule has 0 aromatic rings. The largest absolute Gasteiger partial charge is 1.00 e. The minimum Gasteiger partial charge on any atom is -1.00 e. The zero-order chi connectivity index (χ0) is 33.1. The number of nitrogens with zero attached hydrogens (tertiary/aromatic N) is 1. The second-order valence-corrected chi connectivity index (χ2v) is 14.5. The van der Waals surface area contributed by atoms with Crippen LogP contribution >= 0.6 is 0 Å². The molecule has 0 saturated carbocycles. The third-order valence-electron chi connectivity index (χ3n) is 10.1. The number of rotatable bonds is 36. The molecule has 2 amide bonds. The predicted octanol–water partition coefficient (Wildman–Crippen LogP) is 9.79. The number of carbonyl (C=O) groups is 2. The second kappa shape index (κ2) is 37.4. The van der Waals surface area contributed by atoms with E-state index in [4.69, 9.17) is 0 Å². The molecule has 0 aromatic carbocycles. The lowest BCUT2D eigenvalue weighted by Gasteiger charge is -2.29. The summed E-state index contributed by atoms with van der Waals surface area (Å²) in [4.78, 5) is 26.6. The molecule has 1 N–H and O–H groups in total. The number of quaternary nitrogens is 1. The van der Waals surface area contributed by atoms with E-state index in [0.29, 0.717) is 25.8 Å². The molecule has 276 valence electrons. The van der Waals surface area contributed by atoms with E-state index in [9.17, 15) is 14.7 Å². The summed E-state index contributed by atoms with van der Waals surface area (Å²) in [6.45, 7) is 5.22. The Morgan fingerprint density at radius 1 is 0.391 bits per heavy atom. The van der Waals surface area contributed by atoms with E-state index < -0.39 is 0 Å². The molecule has 0 aliphatic heterocycles. The molecule has 0 bridgehead atoms. The lowest BCUT2D eigenvalue weighted by Crippen LogP contribution is -3.00. The van der Waals surface area contributed by atoms with Crippen LogP contribution in [0, 0.1) is 0 Å². The first-order valence-electron chi connectivity index (χ1n) is 20.6. The Balaban J connectivity index is 0. The van der Waals surface area contributed by atoms with E-state index in [0.717, 1.165) is 32.1 Å². The van der Waals surface area contributed by atoms with E-state index >= 15 is 0 Å². The molecular formula is C41H82ClNO3. The van der Waals surface area contributed by atoms with E-state index in [1.165, 1.54) is 167 Å². The number of amides is 2. The number of imide groups is 1. The molecule has 0 rings (SSSR count). The van der Waals surface area contributed by atoms with Crippen LogP contribution < -0.4 is 12.4 Å². The number of aliphatic hydroxyl groups excluding tert-OH is 1. The Kier molecular flexibility index (Phi) is 38.7. The van der Waals surface area contributed by atoms with E-state index in [1.807, 2.05) is 7.05 Å². The average molecular weight is 673 g/mol. The fourth-order valence-electron chi connectivity index (χ4n) is 6.72. The van der Waals surface area contributed by atoms with Crippen molar-refractivity contribution in [3.8, 4) is 0 Å². The van der Waals surface area contributed by atoms with E-state index in [1.54, 1.807) is 0 Å². The van der Waals surface area contributed by atoms with Crippen LogP contribution in [0.5, 0.6) is 0 Å². The zero-order valence-corrected chi connectivity index (χ0v) is 32.3. The van der Waals surface area contributed by atoms with Gasteiger partial charge in [-0.3, -0.25) is 0 Å². The molecular weight excluding hydrogens is 590 g/mol. The topological polar surface area (TPSA) is 54.4 Å². The highest BCUT2D eigenvalue weighted by molar-refractivity contribution is 5.84. The van der Waals surface area contributed by atoms with Gasteiger partial charge in [-0.15, -0.1) is 0 Å². The van der Waals surface area contributed by atoms with Crippen LogP contribution in [0.4, 0.5) is 0 Å². The Labute approximate surface area is 295 Å². The fraction of sp³-hybridized carbons (Fsp3) is 0.951. The first kappa shape index (κ1) is 47.7. The predicted molar refractivity (Wildman–Crippen MR) is 196 cm³/mol. The molecule has 0 radical (unpaired) electrons. The highest BCUT2D eigenvalue weighted by Crippen LogP contribution is 2.19. The van der Waals surface area contributed by atoms with E-state index in [-0.39, 0.29) is 35.3 Å². The number of aliphatic hydroxyl groups is 1. The summed E-state index contributed by atoms with van der Waals surface area (Å²) in [5.41, 5.74) is 0. The Hall–Kier alpha value is -0.450. The lowest BCUT2D eigenvalue weighted by atomic mass is 10.0. The van der Waals surface area contributed by atoms with Gasteiger partial charge in [0.05, 0.1) is 26.4 Å². The van der Waals surface area contributed by atoms with Crippen LogP contribution in [0.2, 0.25) is 0 Å². The highest BCUT2D eigenvalue weighted by Gasteiger charge is 2.38. The standard InChI is InChI=1S/C41H82NO3.ClH/c1-4-6-8-10-12-14-16-18-20-22-24-26-28-30-32-36-40(44)42(3,38-34-35-39-43)41(45)37-33-31-29-27-25-23-21-19-17-15-13-11-9-7-5-2;/h43H,4-39H2,1-3H3;1H/q+1;/p-1. The number of unbranched alkanes of at least 4 members (excludes halogenated alkanes) is 29. The third kappa shape index (κ3) is 29.7. The van der Waals surface area contributed by atoms with Crippen molar-refractivity contribution in [2.24, 2.45) is 0 Å². The van der Waals surface area contributed by atoms with Gasteiger partial charge < -0.3 is 17.5 Å². The van der Waals surface area contributed by atoms with Gasteiger partial charge in [0.2, 0.25) is 0 Å². The van der Waals surface area contributed by atoms with Crippen molar-refractivity contribution in [1.29, 1.82) is 0 Å². The smallest absolute Gasteiger partial charge is 0.320 e. The summed E-state index contributed by atoms with van der Waals surface area (Å²) in [6, 6.07) is 0. The molecule has 0 unspecified atom stereocenters. The quantitative estimate of drug-likeness (QED) is 0.0533. The molecule has 0 atom stereocenters. The second-order valence-electron chi connectivity index (χ2n) is 14.5. The first-order valence-corrected chi connectivity index (χ1v) is 20.6. The van der Waals surface area contributed by atoms with Gasteiger partial charge in [0.15, 0.2) is 0 Å². The van der Waals surface area contributed by atoms with Gasteiger partial charge in [0.25, 0.3) is 0 Å². The van der Waals surface area contributed by atoms with Crippen molar-refractivity contribution in [3.63, 3.8) is 0 Å². The van der Waals surface area contributed by atoms with Gasteiger partial charge in [-0.05, 0) is 25.7 Å². The normalized spacial score (nSPS) is 11.6. The maximum atomic E-state index is 13.3. The molecule has 5 heteroatoms. The summed E-state index contributed by atoms with van der Waals surface area (Å²) in [5.74, 6) is 0.183. The zero-order valence-electron chi connectivity index (χ0n) is 31.5. The maximum Gasteiger partial charge on any atom is 0.320 e. The molecule has 0 fully saturated rings. The van der Waals surface area contributed by atoms with Crippen molar-refractivity contribution in [1.82, 2.24) is 0 Å². The van der Waals surface area contributed by atoms with Crippen LogP contribution in [0.15, 0.2) is 0 Å². The first-order chi connectivity index (χ1) is 22.0. The maximum absolute atomic E-state index is 13.3. The highest BCUT2D eigenvalue weighted by atomic mass is 35.5. The lowest BCUT2D eigenvalue weighted by molar-refractivity contribution is -0.759. The minimum absolute atomic E-state index is 0. The summed E-state index contributed by atoms with van der Waals surface area (Å²) >= 11 is 0. The van der Waals surface area contributed by atoms with Gasteiger partial charge in [0, 0.05) is 6.61 Å². The number of hydrogen-bond acceptors (Lipinski definition) is 3. The number of halogens is 1. The molecule has 0 aliphatic carbocycles. The van der Waals surface area contributed by atoms with Crippen molar-refractivity contribution in [3.05, 3.63) is 0 Å². The molecule has 4 nitrogen and oxygen atoms in total. The van der Waals surface area contributed by atoms with Crippen LogP contribution in [0.1, 0.15) is 232 Å². The summed E-state index contributed by atoms with van der Waals surface area (Å²) < 4.78 is -0.0583. The molecule has 0 aromatic heterocycles. The van der Waals surface area contributed by atoms with Crippen LogP contribution in [-0.2, 0) is 9.59 Å². The molecule has 0 aliphatic rings. The van der Waals surface area contributed by atoms with Crippen molar-refractivity contribution < 1.29 is 31.6 Å². The molecule has 0 heterocycles. The van der Waals surface area contributed by atoms with Gasteiger partial charge in [-0.25, -0.2) is 14.1 Å². The van der Waals surface area contributed by atoms with Crippen molar-refractivity contribution in [2.45, 2.75) is 232 Å². The van der Waals surface area contributed by atoms with Crippen LogP contribution in [0.25, 0.3) is 0 Å². The third-order valence-corrected chi connectivity index (χ3v) is 10.1. The SMILES string of the molecule is CCCCCCCCCCCCCCCCCC(=O)[N+](C)(CCCCO)C(=O)CCCCCCCCCCCCCCCCC.[Cl-]. The fourth-order valence-corrected chi connectivity index (χ4v) is 6.72. The average Bonchev–Trinajstić information content (AvgIpc) is 3.04. The van der Waals surface area contributed by atoms with Crippen LogP contribution in [-0.4, -0.2) is 41.6 Å². The Morgan fingerprint density at radius 2 is 0.630 bits per heavy atom. The Bertz CT molecular complexity index is 595. The summed E-state index contributed by atoms with van der Waals surface area (Å²) in [5, 5.41) is 9.27. The van der Waals surface area contributed by atoms with Crippen molar-refractivity contribution in [2.75, 3.05) is 20.2 Å². The van der Waals surface area contributed by atoms with Gasteiger partial charge in [0.1, 0.15) is 0 Å². The number of hydrogen-bond donors (Lipinski definition) is 1. The molecule has 0 spiro atoms. The Morgan fingerprint density at radius 3 is 0.870 bits per heavy atom. The van der Waals surface area contributed by atoms with Crippen LogP contribution in [0.3, 0.4) is 0 Å².